The average Bonchev–Trinajstić information content (AvgIpc) is 2.59. The maximum Gasteiger partial charge on any atom is 0.356 e. The molecule has 0 radical (unpaired) electrons. The molecule has 0 fully saturated rings. The zero-order chi connectivity index (χ0) is 11.7. The lowest BCUT2D eigenvalue weighted by molar-refractivity contribution is 0.0693. The first-order valence-corrected chi connectivity index (χ1v) is 5.96. The second kappa shape index (κ2) is 4.05. The summed E-state index contributed by atoms with van der Waals surface area (Å²) in [5, 5.41) is 18.7. The van der Waals surface area contributed by atoms with Gasteiger partial charge in [-0.05, 0) is 18.4 Å². The molecule has 0 saturated heterocycles. The van der Waals surface area contributed by atoms with Crippen molar-refractivity contribution in [1.82, 2.24) is 9.38 Å². The van der Waals surface area contributed by atoms with Gasteiger partial charge in [-0.25, -0.2) is 9.78 Å². The Morgan fingerprint density at radius 3 is 2.94 bits per heavy atom. The number of hydrogen-bond donors (Lipinski definition) is 2. The number of aromatic hydroxyl groups is 1. The fourth-order valence-corrected chi connectivity index (χ4v) is 2.03. The van der Waals surface area contributed by atoms with E-state index in [2.05, 4.69) is 4.98 Å². The van der Waals surface area contributed by atoms with Crippen LogP contribution in [0.25, 0.3) is 5.52 Å². The third kappa shape index (κ3) is 1.61. The Kier molecular flexibility index (Phi) is 2.74. The molecule has 2 rings (SSSR count). The standard InChI is InChI=1S/C10H10N2O3S/c1-16-5-7-11-9(10(14)15)6-3-2-4-8(13)12(6)7/h2-4,13H,5H2,1H3,(H,14,15). The molecule has 2 aromatic heterocycles. The fourth-order valence-electron chi connectivity index (χ4n) is 1.57. The van der Waals surface area contributed by atoms with E-state index in [1.807, 2.05) is 6.26 Å². The molecule has 0 aromatic carbocycles. The van der Waals surface area contributed by atoms with Crippen LogP contribution >= 0.6 is 11.8 Å². The molecule has 16 heavy (non-hydrogen) atoms. The number of imidazole rings is 1. The predicted octanol–water partition coefficient (Wildman–Crippen LogP) is 1.60. The largest absolute Gasteiger partial charge is 0.494 e. The molecule has 5 nitrogen and oxygen atoms in total. The highest BCUT2D eigenvalue weighted by Gasteiger charge is 2.17. The highest BCUT2D eigenvalue weighted by molar-refractivity contribution is 7.97. The van der Waals surface area contributed by atoms with Crippen molar-refractivity contribution in [3.05, 3.63) is 29.7 Å². The van der Waals surface area contributed by atoms with E-state index in [9.17, 15) is 9.90 Å². The number of nitrogens with zero attached hydrogens (tertiary/aromatic N) is 2. The summed E-state index contributed by atoms with van der Waals surface area (Å²) in [7, 11) is 0. The topological polar surface area (TPSA) is 74.8 Å². The summed E-state index contributed by atoms with van der Waals surface area (Å²) in [5.41, 5.74) is 0.386. The van der Waals surface area contributed by atoms with E-state index < -0.39 is 5.97 Å². The summed E-state index contributed by atoms with van der Waals surface area (Å²) in [4.78, 5) is 15.0. The molecule has 0 aliphatic heterocycles. The quantitative estimate of drug-likeness (QED) is 0.849. The number of fused-ring (bicyclic) bond motifs is 1. The minimum Gasteiger partial charge on any atom is -0.494 e. The summed E-state index contributed by atoms with van der Waals surface area (Å²) in [6.45, 7) is 0. The van der Waals surface area contributed by atoms with E-state index in [0.29, 0.717) is 17.1 Å². The van der Waals surface area contributed by atoms with Gasteiger partial charge >= 0.3 is 5.97 Å². The molecule has 84 valence electrons. The van der Waals surface area contributed by atoms with Gasteiger partial charge in [-0.1, -0.05) is 6.07 Å². The first kappa shape index (κ1) is 10.8. The lowest BCUT2D eigenvalue weighted by Gasteiger charge is -2.01. The zero-order valence-corrected chi connectivity index (χ0v) is 9.36. The van der Waals surface area contributed by atoms with Crippen LogP contribution in [0.5, 0.6) is 5.88 Å². The molecule has 2 N–H and O–H groups in total. The number of hydrogen-bond acceptors (Lipinski definition) is 4. The number of carboxylic acids is 1. The predicted molar refractivity (Wildman–Crippen MR) is 61.0 cm³/mol. The number of rotatable bonds is 3. The first-order valence-electron chi connectivity index (χ1n) is 4.56. The van der Waals surface area contributed by atoms with Crippen LogP contribution in [-0.2, 0) is 5.75 Å². The van der Waals surface area contributed by atoms with Crippen molar-refractivity contribution < 1.29 is 15.0 Å². The Bertz CT molecular complexity index is 550. The van der Waals surface area contributed by atoms with Crippen LogP contribution in [0, 0.1) is 0 Å². The van der Waals surface area contributed by atoms with Gasteiger partial charge < -0.3 is 10.2 Å². The summed E-state index contributed by atoms with van der Waals surface area (Å²) in [6, 6.07) is 4.73. The van der Waals surface area contributed by atoms with Gasteiger partial charge in [-0.15, -0.1) is 0 Å². The van der Waals surface area contributed by atoms with Crippen LogP contribution in [0.4, 0.5) is 0 Å². The van der Waals surface area contributed by atoms with E-state index in [4.69, 9.17) is 5.11 Å². The van der Waals surface area contributed by atoms with Crippen LogP contribution in [0.3, 0.4) is 0 Å². The van der Waals surface area contributed by atoms with Crippen molar-refractivity contribution in [3.63, 3.8) is 0 Å². The van der Waals surface area contributed by atoms with E-state index >= 15 is 0 Å². The number of aromatic carboxylic acids is 1. The number of thioether (sulfide) groups is 1. The lowest BCUT2D eigenvalue weighted by atomic mass is 10.3. The molecule has 2 heterocycles. The second-order valence-corrected chi connectivity index (χ2v) is 4.09. The van der Waals surface area contributed by atoms with Gasteiger partial charge in [0.25, 0.3) is 0 Å². The average molecular weight is 238 g/mol. The van der Waals surface area contributed by atoms with E-state index in [0.717, 1.165) is 0 Å². The number of carbonyl (C=O) groups is 1. The molecule has 6 heteroatoms. The molecule has 0 aliphatic carbocycles. The third-order valence-electron chi connectivity index (χ3n) is 2.19. The molecule has 0 aliphatic rings. The molecule has 0 unspecified atom stereocenters. The number of carboxylic acid groups (broad SMARTS) is 1. The fraction of sp³-hybridized carbons (Fsp3) is 0.200. The Morgan fingerprint density at radius 2 is 2.31 bits per heavy atom. The van der Waals surface area contributed by atoms with Crippen molar-refractivity contribution in [2.24, 2.45) is 0 Å². The van der Waals surface area contributed by atoms with Crippen molar-refractivity contribution in [2.45, 2.75) is 5.75 Å². The lowest BCUT2D eigenvalue weighted by Crippen LogP contribution is -1.97. The molecular formula is C10H10N2O3S. The molecule has 0 amide bonds. The van der Waals surface area contributed by atoms with Crippen molar-refractivity contribution in [3.8, 4) is 5.88 Å². The van der Waals surface area contributed by atoms with Crippen LogP contribution in [-0.4, -0.2) is 31.8 Å². The van der Waals surface area contributed by atoms with Gasteiger partial charge in [0.15, 0.2) is 11.6 Å². The normalized spacial score (nSPS) is 10.8. The Labute approximate surface area is 95.7 Å². The Balaban J connectivity index is 2.76. The summed E-state index contributed by atoms with van der Waals surface area (Å²) in [5.74, 6) is 0.00135. The van der Waals surface area contributed by atoms with Gasteiger partial charge in [-0.3, -0.25) is 4.40 Å². The van der Waals surface area contributed by atoms with Crippen LogP contribution in [0.2, 0.25) is 0 Å². The third-order valence-corrected chi connectivity index (χ3v) is 2.73. The van der Waals surface area contributed by atoms with Crippen LogP contribution < -0.4 is 0 Å². The van der Waals surface area contributed by atoms with E-state index in [1.165, 1.54) is 22.2 Å². The van der Waals surface area contributed by atoms with Crippen molar-refractivity contribution in [1.29, 1.82) is 0 Å². The summed E-state index contributed by atoms with van der Waals surface area (Å²) in [6.07, 6.45) is 1.89. The zero-order valence-electron chi connectivity index (χ0n) is 8.54. The molecule has 0 saturated carbocycles. The van der Waals surface area contributed by atoms with Gasteiger partial charge in [0.2, 0.25) is 0 Å². The van der Waals surface area contributed by atoms with Crippen molar-refractivity contribution in [2.75, 3.05) is 6.26 Å². The molecule has 0 spiro atoms. The number of pyridine rings is 1. The van der Waals surface area contributed by atoms with Crippen LogP contribution in [0.1, 0.15) is 16.3 Å². The smallest absolute Gasteiger partial charge is 0.356 e. The summed E-state index contributed by atoms with van der Waals surface area (Å²) < 4.78 is 1.46. The molecular weight excluding hydrogens is 228 g/mol. The van der Waals surface area contributed by atoms with Gasteiger partial charge in [0.1, 0.15) is 5.82 Å². The molecule has 0 atom stereocenters. The van der Waals surface area contributed by atoms with Gasteiger partial charge in [0.05, 0.1) is 11.3 Å². The SMILES string of the molecule is CSCc1nc(C(=O)O)c2cccc(O)n12. The Morgan fingerprint density at radius 1 is 1.56 bits per heavy atom. The minimum absolute atomic E-state index is 0.00144. The summed E-state index contributed by atoms with van der Waals surface area (Å²) >= 11 is 1.52. The molecule has 2 aromatic rings. The van der Waals surface area contributed by atoms with Gasteiger partial charge in [-0.2, -0.15) is 11.8 Å². The van der Waals surface area contributed by atoms with E-state index in [1.54, 1.807) is 12.1 Å². The number of aromatic nitrogens is 2. The monoisotopic (exact) mass is 238 g/mol. The highest BCUT2D eigenvalue weighted by Crippen LogP contribution is 2.22. The van der Waals surface area contributed by atoms with Crippen LogP contribution in [0.15, 0.2) is 18.2 Å². The maximum atomic E-state index is 11.0. The maximum absolute atomic E-state index is 11.0. The second-order valence-electron chi connectivity index (χ2n) is 3.22. The van der Waals surface area contributed by atoms with Gasteiger partial charge in [0, 0.05) is 0 Å². The van der Waals surface area contributed by atoms with E-state index in [-0.39, 0.29) is 11.6 Å². The molecule has 0 bridgehead atoms. The Hall–Kier alpha value is -1.69. The first-order chi connectivity index (χ1) is 7.65. The highest BCUT2D eigenvalue weighted by atomic mass is 32.2. The van der Waals surface area contributed by atoms with Crippen molar-refractivity contribution >= 4 is 23.2 Å². The minimum atomic E-state index is -1.09.